The predicted molar refractivity (Wildman–Crippen MR) is 159 cm³/mol. The fraction of sp³-hybridized carbons (Fsp3) is 0.438. The fourth-order valence-corrected chi connectivity index (χ4v) is 6.17. The Balaban J connectivity index is 1.22. The topological polar surface area (TPSA) is 76.6 Å². The highest BCUT2D eigenvalue weighted by atomic mass is 15.3. The first-order valence-electron chi connectivity index (χ1n) is 14.6. The average Bonchev–Trinajstić information content (AvgIpc) is 3.63. The maximum absolute atomic E-state index is 9.77. The Kier molecular flexibility index (Phi) is 7.40. The zero-order chi connectivity index (χ0) is 27.6. The molecule has 2 unspecified atom stereocenters. The molecule has 2 aliphatic heterocycles. The van der Waals surface area contributed by atoms with Crippen molar-refractivity contribution in [3.63, 3.8) is 0 Å². The largest absolute Gasteiger partial charge is 0.370 e. The molecule has 6 heterocycles. The van der Waals surface area contributed by atoms with Gasteiger partial charge in [0.1, 0.15) is 11.9 Å². The maximum atomic E-state index is 9.77. The SMILES string of the molecule is CCc1ccc(CN2CCN(c3ccc(-c4cc(N5CCC(C)C5)cn5ncc(C#N)c45)cn3)CC2CC)cn1. The summed E-state index contributed by atoms with van der Waals surface area (Å²) in [4.78, 5) is 16.9. The monoisotopic (exact) mass is 534 g/mol. The molecule has 0 N–H and O–H groups in total. The minimum atomic E-state index is 0.463. The van der Waals surface area contributed by atoms with E-state index in [0.717, 1.165) is 86.0 Å². The van der Waals surface area contributed by atoms with Crippen LogP contribution in [-0.4, -0.2) is 63.2 Å². The van der Waals surface area contributed by atoms with Crippen molar-refractivity contribution in [3.05, 3.63) is 71.9 Å². The van der Waals surface area contributed by atoms with E-state index in [1.165, 1.54) is 12.0 Å². The summed E-state index contributed by atoms with van der Waals surface area (Å²) >= 11 is 0. The molecule has 40 heavy (non-hydrogen) atoms. The number of pyridine rings is 3. The van der Waals surface area contributed by atoms with Crippen LogP contribution >= 0.6 is 0 Å². The lowest BCUT2D eigenvalue weighted by Crippen LogP contribution is -2.52. The van der Waals surface area contributed by atoms with Gasteiger partial charge >= 0.3 is 0 Å². The van der Waals surface area contributed by atoms with Crippen LogP contribution in [0.5, 0.6) is 0 Å². The molecule has 2 fully saturated rings. The Labute approximate surface area is 236 Å². The molecular formula is C32H38N8. The van der Waals surface area contributed by atoms with Crippen molar-refractivity contribution in [2.75, 3.05) is 42.5 Å². The first kappa shape index (κ1) is 26.3. The van der Waals surface area contributed by atoms with Crippen molar-refractivity contribution >= 4 is 17.0 Å². The lowest BCUT2D eigenvalue weighted by molar-refractivity contribution is 0.163. The van der Waals surface area contributed by atoms with Gasteiger partial charge in [-0.15, -0.1) is 0 Å². The van der Waals surface area contributed by atoms with Crippen LogP contribution < -0.4 is 9.80 Å². The molecule has 0 saturated carbocycles. The van der Waals surface area contributed by atoms with Gasteiger partial charge in [-0.3, -0.25) is 9.88 Å². The van der Waals surface area contributed by atoms with E-state index in [0.29, 0.717) is 17.5 Å². The molecule has 2 atom stereocenters. The van der Waals surface area contributed by atoms with E-state index in [1.807, 2.05) is 16.9 Å². The fourth-order valence-electron chi connectivity index (χ4n) is 6.17. The summed E-state index contributed by atoms with van der Waals surface area (Å²) in [5.74, 6) is 1.68. The Hall–Kier alpha value is -3.96. The number of fused-ring (bicyclic) bond motifs is 1. The van der Waals surface area contributed by atoms with E-state index < -0.39 is 0 Å². The second-order valence-corrected chi connectivity index (χ2v) is 11.3. The molecule has 4 aromatic heterocycles. The number of aromatic nitrogens is 4. The Morgan fingerprint density at radius 1 is 0.975 bits per heavy atom. The number of hydrogen-bond acceptors (Lipinski definition) is 7. The third-order valence-corrected chi connectivity index (χ3v) is 8.60. The molecule has 0 radical (unpaired) electrons. The molecule has 0 bridgehead atoms. The van der Waals surface area contributed by atoms with E-state index in [2.05, 4.69) is 88.2 Å². The van der Waals surface area contributed by atoms with Gasteiger partial charge in [0.05, 0.1) is 29.2 Å². The van der Waals surface area contributed by atoms with Crippen LogP contribution in [0.2, 0.25) is 0 Å². The number of piperazine rings is 1. The normalized spacial score (nSPS) is 19.9. The molecule has 8 nitrogen and oxygen atoms in total. The van der Waals surface area contributed by atoms with E-state index >= 15 is 0 Å². The minimum absolute atomic E-state index is 0.463. The summed E-state index contributed by atoms with van der Waals surface area (Å²) in [6.45, 7) is 12.6. The Morgan fingerprint density at radius 3 is 2.55 bits per heavy atom. The second kappa shape index (κ2) is 11.3. The molecule has 0 spiro atoms. The first-order valence-corrected chi connectivity index (χ1v) is 14.6. The molecule has 2 aliphatic rings. The van der Waals surface area contributed by atoms with Crippen molar-refractivity contribution in [1.29, 1.82) is 5.26 Å². The minimum Gasteiger partial charge on any atom is -0.370 e. The highest BCUT2D eigenvalue weighted by Crippen LogP contribution is 2.33. The zero-order valence-electron chi connectivity index (χ0n) is 23.8. The van der Waals surface area contributed by atoms with Crippen LogP contribution in [0.25, 0.3) is 16.6 Å². The molecule has 206 valence electrons. The van der Waals surface area contributed by atoms with Gasteiger partial charge < -0.3 is 9.80 Å². The third-order valence-electron chi connectivity index (χ3n) is 8.60. The quantitative estimate of drug-likeness (QED) is 0.324. The predicted octanol–water partition coefficient (Wildman–Crippen LogP) is 5.17. The molecule has 0 aromatic carbocycles. The lowest BCUT2D eigenvalue weighted by Gasteiger charge is -2.41. The van der Waals surface area contributed by atoms with Crippen molar-refractivity contribution in [1.82, 2.24) is 24.5 Å². The van der Waals surface area contributed by atoms with E-state index in [4.69, 9.17) is 4.98 Å². The summed E-state index contributed by atoms with van der Waals surface area (Å²) in [7, 11) is 0. The van der Waals surface area contributed by atoms with E-state index in [1.54, 1.807) is 6.20 Å². The zero-order valence-corrected chi connectivity index (χ0v) is 23.8. The average molecular weight is 535 g/mol. The standard InChI is InChI=1S/C32H38N8/c1-4-27-8-6-24(16-34-27)20-38-12-13-39(21-28(38)5-2)31-9-7-25(17-35-31)30-14-29(37-11-10-23(3)19-37)22-40-32(30)26(15-33)18-36-40/h6-9,14,16-18,22-23,28H,4-5,10-13,19-21H2,1-3H3. The van der Waals surface area contributed by atoms with Gasteiger partial charge in [-0.2, -0.15) is 10.4 Å². The Morgan fingerprint density at radius 2 is 1.88 bits per heavy atom. The number of anilines is 2. The molecular weight excluding hydrogens is 496 g/mol. The third kappa shape index (κ3) is 5.14. The van der Waals surface area contributed by atoms with Gasteiger partial charge in [0.15, 0.2) is 0 Å². The van der Waals surface area contributed by atoms with Gasteiger partial charge in [0.2, 0.25) is 0 Å². The molecule has 2 saturated heterocycles. The molecule has 6 rings (SSSR count). The number of rotatable bonds is 7. The molecule has 0 aliphatic carbocycles. The highest BCUT2D eigenvalue weighted by Gasteiger charge is 2.27. The summed E-state index contributed by atoms with van der Waals surface area (Å²) in [6.07, 6.45) is 11.0. The van der Waals surface area contributed by atoms with Crippen molar-refractivity contribution in [2.24, 2.45) is 5.92 Å². The smallest absolute Gasteiger partial charge is 0.128 e. The van der Waals surface area contributed by atoms with Crippen molar-refractivity contribution in [3.8, 4) is 17.2 Å². The number of nitriles is 1. The van der Waals surface area contributed by atoms with Gasteiger partial charge in [0.25, 0.3) is 0 Å². The Bertz CT molecular complexity index is 1500. The van der Waals surface area contributed by atoms with Crippen molar-refractivity contribution in [2.45, 2.75) is 52.6 Å². The van der Waals surface area contributed by atoms with Gasteiger partial charge in [0, 0.05) is 74.5 Å². The number of aryl methyl sites for hydroxylation is 1. The maximum Gasteiger partial charge on any atom is 0.128 e. The lowest BCUT2D eigenvalue weighted by atomic mass is 10.0. The first-order chi connectivity index (χ1) is 19.6. The second-order valence-electron chi connectivity index (χ2n) is 11.3. The molecule has 4 aromatic rings. The number of nitrogens with zero attached hydrogens (tertiary/aromatic N) is 8. The summed E-state index contributed by atoms with van der Waals surface area (Å²) in [6, 6.07) is 13.6. The summed E-state index contributed by atoms with van der Waals surface area (Å²) in [5.41, 5.74) is 7.00. The van der Waals surface area contributed by atoms with Crippen LogP contribution in [0.1, 0.15) is 50.4 Å². The van der Waals surface area contributed by atoms with Gasteiger partial charge in [-0.05, 0) is 55.0 Å². The molecule has 0 amide bonds. The van der Waals surface area contributed by atoms with Crippen LogP contribution in [0.15, 0.2) is 55.1 Å². The molecule has 8 heteroatoms. The van der Waals surface area contributed by atoms with Crippen molar-refractivity contribution < 1.29 is 0 Å². The van der Waals surface area contributed by atoms with Crippen LogP contribution in [0, 0.1) is 17.2 Å². The van der Waals surface area contributed by atoms with Gasteiger partial charge in [-0.25, -0.2) is 9.50 Å². The number of hydrogen-bond donors (Lipinski definition) is 0. The highest BCUT2D eigenvalue weighted by molar-refractivity contribution is 5.86. The van der Waals surface area contributed by atoms with Crippen LogP contribution in [0.4, 0.5) is 11.5 Å². The van der Waals surface area contributed by atoms with Crippen LogP contribution in [0.3, 0.4) is 0 Å². The summed E-state index contributed by atoms with van der Waals surface area (Å²) < 4.78 is 1.86. The van der Waals surface area contributed by atoms with Gasteiger partial charge in [-0.1, -0.05) is 26.8 Å². The van der Waals surface area contributed by atoms with E-state index in [-0.39, 0.29) is 0 Å². The summed E-state index contributed by atoms with van der Waals surface area (Å²) in [5, 5.41) is 14.3. The van der Waals surface area contributed by atoms with E-state index in [9.17, 15) is 5.26 Å². The van der Waals surface area contributed by atoms with Crippen LogP contribution in [-0.2, 0) is 13.0 Å².